The van der Waals surface area contributed by atoms with E-state index in [1.807, 2.05) is 35.7 Å². The summed E-state index contributed by atoms with van der Waals surface area (Å²) in [5.41, 5.74) is 9.33. The molecule has 4 aliphatic rings. The summed E-state index contributed by atoms with van der Waals surface area (Å²) in [5, 5.41) is 40.7. The van der Waals surface area contributed by atoms with E-state index in [1.165, 1.54) is 63.3 Å². The number of aryl methyl sites for hydroxylation is 1. The lowest BCUT2D eigenvalue weighted by Crippen LogP contribution is -2.51. The third-order valence-corrected chi connectivity index (χ3v) is 20.2. The highest BCUT2D eigenvalue weighted by Gasteiger charge is 2.39. The maximum absolute atomic E-state index is 15.0. The van der Waals surface area contributed by atoms with Gasteiger partial charge in [-0.05, 0) is 87.3 Å². The predicted molar refractivity (Wildman–Crippen MR) is 327 cm³/mol. The number of carboxylic acid groups (broad SMARTS) is 1. The highest BCUT2D eigenvalue weighted by molar-refractivity contribution is 8.14. The van der Waals surface area contributed by atoms with Crippen molar-refractivity contribution in [2.24, 2.45) is 16.6 Å². The fraction of sp³-hybridized carbons (Fsp3) is 0.322. The summed E-state index contributed by atoms with van der Waals surface area (Å²) in [5.74, 6) is -4.10. The maximum atomic E-state index is 15.0. The number of aliphatic imine (C=N–C) groups is 1. The number of rotatable bonds is 10. The summed E-state index contributed by atoms with van der Waals surface area (Å²) < 4.78 is 6.26. The van der Waals surface area contributed by atoms with Crippen LogP contribution in [0.3, 0.4) is 0 Å². The van der Waals surface area contributed by atoms with Crippen molar-refractivity contribution in [2.45, 2.75) is 101 Å². The quantitative estimate of drug-likeness (QED) is 0.0694. The number of carbonyl (C=O) groups is 7. The molecule has 8 aromatic rings. The van der Waals surface area contributed by atoms with Crippen molar-refractivity contribution in [3.05, 3.63) is 132 Å². The number of carbonyl (C=O) groups excluding carboxylic acids is 6. The van der Waals surface area contributed by atoms with Gasteiger partial charge in [0.05, 0.1) is 46.8 Å². The van der Waals surface area contributed by atoms with Crippen LogP contribution in [0, 0.1) is 12.8 Å². The number of nitrogens with two attached hydrogens (primary N) is 1. The SMILES string of the molecule is Cc1oc2nc1C(=O)N[C@@H](CC(N)=O)c1nc(cs1)C(=O)N[C@@H](Cc1ccccc1)C1=N[C@@H](CS1)C(=O)N[C@@H](Cc1ccc(O)cc1)C(=O)N1CCC[C@H]1c1nc(cs1)-c1nc(cs1)-c1nc(-c3nc(C(=O)NC4CCC(C(=O)O)CC4)cs3)ccc1-2. The summed E-state index contributed by atoms with van der Waals surface area (Å²) in [6.45, 7) is 1.97. The average Bonchev–Trinajstić information content (AvgIpc) is 1.97. The van der Waals surface area contributed by atoms with E-state index in [1.54, 1.807) is 46.8 Å². The van der Waals surface area contributed by atoms with Crippen LogP contribution in [0.15, 0.2) is 97.7 Å². The zero-order valence-electron chi connectivity index (χ0n) is 46.3. The van der Waals surface area contributed by atoms with Gasteiger partial charge in [-0.2, -0.15) is 0 Å². The molecule has 1 saturated carbocycles. The van der Waals surface area contributed by atoms with Crippen LogP contribution in [-0.2, 0) is 32.0 Å². The normalized spacial score (nSPS) is 21.7. The molecule has 5 atom stereocenters. The average molecular weight is 1270 g/mol. The van der Waals surface area contributed by atoms with Crippen LogP contribution in [-0.4, -0.2) is 128 Å². The molecule has 23 nitrogen and oxygen atoms in total. The van der Waals surface area contributed by atoms with E-state index in [-0.39, 0.29) is 75.7 Å². The lowest BCUT2D eigenvalue weighted by Gasteiger charge is -2.29. The fourth-order valence-corrected chi connectivity index (χ4v) is 15.5. The van der Waals surface area contributed by atoms with E-state index in [0.29, 0.717) is 99.8 Å². The van der Waals surface area contributed by atoms with Gasteiger partial charge in [0, 0.05) is 46.3 Å². The second-order valence-corrected chi connectivity index (χ2v) is 26.0. The number of hydrogen-bond acceptors (Lipinski definition) is 21. The molecule has 87 heavy (non-hydrogen) atoms. The number of amides is 6. The number of pyridine rings is 1. The lowest BCUT2D eigenvalue weighted by molar-refractivity contribution is -0.143. The minimum Gasteiger partial charge on any atom is -0.508 e. The van der Waals surface area contributed by atoms with Crippen LogP contribution in [0.4, 0.5) is 0 Å². The monoisotopic (exact) mass is 1270 g/mol. The number of fused-ring (bicyclic) bond motifs is 15. The largest absolute Gasteiger partial charge is 0.508 e. The van der Waals surface area contributed by atoms with Gasteiger partial charge in [-0.15, -0.1) is 57.1 Å². The number of nitrogens with zero attached hydrogens (tertiary/aromatic N) is 8. The molecule has 6 aromatic heterocycles. The summed E-state index contributed by atoms with van der Waals surface area (Å²) in [6, 6.07) is 14.9. The minimum absolute atomic E-state index is 0.00457. The van der Waals surface area contributed by atoms with Crippen LogP contribution < -0.4 is 27.0 Å². The first-order valence-corrected chi connectivity index (χ1v) is 32.5. The molecular weight excluding hydrogens is 1210 g/mol. The number of nitrogens with one attached hydrogen (secondary N) is 4. The molecule has 9 heterocycles. The number of thioether (sulfide) groups is 1. The first kappa shape index (κ1) is 58.8. The molecule has 2 aromatic carbocycles. The Hall–Kier alpha value is -8.57. The Labute approximate surface area is 516 Å². The Bertz CT molecular complexity index is 3980. The first-order valence-electron chi connectivity index (χ1n) is 28.0. The van der Waals surface area contributed by atoms with Crippen molar-refractivity contribution in [1.82, 2.24) is 56.1 Å². The van der Waals surface area contributed by atoms with Crippen LogP contribution in [0.1, 0.15) is 115 Å². The number of oxazole rings is 1. The Balaban J connectivity index is 0.908. The van der Waals surface area contributed by atoms with Crippen LogP contribution in [0.25, 0.3) is 44.2 Å². The van der Waals surface area contributed by atoms with Gasteiger partial charge in [0.1, 0.15) is 72.1 Å². The number of carboxylic acids is 1. The number of phenolic OH excluding ortho intramolecular Hbond substituents is 1. The molecule has 3 aliphatic heterocycles. The Morgan fingerprint density at radius 1 is 0.701 bits per heavy atom. The van der Waals surface area contributed by atoms with E-state index >= 15 is 4.79 Å². The van der Waals surface area contributed by atoms with Gasteiger partial charge in [-0.1, -0.05) is 42.5 Å². The number of primary amides is 1. The zero-order valence-corrected chi connectivity index (χ0v) is 50.4. The number of thiazole rings is 4. The number of benzene rings is 2. The van der Waals surface area contributed by atoms with E-state index in [0.717, 1.165) is 16.9 Å². The highest BCUT2D eigenvalue weighted by atomic mass is 32.2. The standard InChI is InChI=1S/C59H55N13O10S5/c1-28-46-51(78)64-37(22-45(60)74)55-69-41(25-86-55)49(76)63-36(20-29-6-3-2-4-7-29)54-68-42(26-85-54)50(77)65-38(21-30-9-15-33(73)16-10-30)58(79)72-19-5-8-44(72)57-70-43(27-87-57)56-66-39(23-83-56)47-34(52(71-46)82-28)17-18-35(62-47)53-67-40(24-84-53)48(75)61-32-13-11-31(12-14-32)59(80)81/h2-4,6-7,9-10,15-18,23-25,27,31-32,36-38,42,44,73H,5,8,11-14,19-22,26H2,1H3,(H2,60,74)(H,61,75)(H,63,76)(H,64,78)(H,65,77)(H,80,81)/t31?,32?,36-,37-,38-,42-,44-/m0/s1. The number of phenols is 1. The second-order valence-electron chi connectivity index (χ2n) is 21.4. The fourth-order valence-electron chi connectivity index (χ4n) is 10.9. The van der Waals surface area contributed by atoms with Crippen molar-refractivity contribution >= 4 is 104 Å². The van der Waals surface area contributed by atoms with Gasteiger partial charge in [-0.3, -0.25) is 38.6 Å². The van der Waals surface area contributed by atoms with E-state index in [9.17, 15) is 39.0 Å². The topological polar surface area (TPSA) is 340 Å². The summed E-state index contributed by atoms with van der Waals surface area (Å²) in [4.78, 5) is 132. The van der Waals surface area contributed by atoms with Crippen molar-refractivity contribution in [3.8, 4) is 50.0 Å². The van der Waals surface area contributed by atoms with Crippen molar-refractivity contribution in [2.75, 3.05) is 12.3 Å². The van der Waals surface area contributed by atoms with E-state index < -0.39 is 71.6 Å². The third kappa shape index (κ3) is 13.1. The molecule has 446 valence electrons. The van der Waals surface area contributed by atoms with Crippen molar-refractivity contribution in [1.29, 1.82) is 0 Å². The third-order valence-electron chi connectivity index (χ3n) is 15.4. The van der Waals surface area contributed by atoms with Crippen LogP contribution in [0.5, 0.6) is 5.75 Å². The maximum Gasteiger partial charge on any atom is 0.306 e. The highest BCUT2D eigenvalue weighted by Crippen LogP contribution is 2.40. The van der Waals surface area contributed by atoms with Gasteiger partial charge in [-0.25, -0.2) is 29.9 Å². The Kier molecular flexibility index (Phi) is 17.2. The van der Waals surface area contributed by atoms with Gasteiger partial charge < -0.3 is 46.5 Å². The second kappa shape index (κ2) is 25.4. The van der Waals surface area contributed by atoms with Gasteiger partial charge >= 0.3 is 5.97 Å². The predicted octanol–water partition coefficient (Wildman–Crippen LogP) is 7.56. The van der Waals surface area contributed by atoms with E-state index in [4.69, 9.17) is 30.1 Å². The summed E-state index contributed by atoms with van der Waals surface area (Å²) in [7, 11) is 0. The number of aromatic hydroxyl groups is 1. The van der Waals surface area contributed by atoms with Crippen LogP contribution in [0.2, 0.25) is 0 Å². The smallest absolute Gasteiger partial charge is 0.306 e. The number of aliphatic carboxylic acids is 1. The molecule has 1 saturated heterocycles. The van der Waals surface area contributed by atoms with Crippen LogP contribution >= 0.6 is 57.1 Å². The van der Waals surface area contributed by atoms with Crippen molar-refractivity contribution < 1.29 is 48.2 Å². The molecule has 2 fully saturated rings. The number of hydrogen-bond donors (Lipinski definition) is 7. The zero-order chi connectivity index (χ0) is 60.5. The Morgan fingerprint density at radius 2 is 1.40 bits per heavy atom. The molecule has 0 radical (unpaired) electrons. The molecule has 8 N–H and O–H groups in total. The first-order chi connectivity index (χ1) is 42.1. The molecule has 6 amide bonds. The molecular formula is C59H55N13O10S5. The lowest BCUT2D eigenvalue weighted by atomic mass is 9.86. The summed E-state index contributed by atoms with van der Waals surface area (Å²) in [6.07, 6.45) is 3.32. The molecule has 0 unspecified atom stereocenters. The molecule has 12 rings (SSSR count). The number of aromatic nitrogens is 6. The van der Waals surface area contributed by atoms with Gasteiger partial charge in [0.25, 0.3) is 17.7 Å². The summed E-state index contributed by atoms with van der Waals surface area (Å²) >= 11 is 6.25. The molecule has 0 spiro atoms. The molecule has 28 heteroatoms. The van der Waals surface area contributed by atoms with Crippen molar-refractivity contribution in [3.63, 3.8) is 0 Å². The Morgan fingerprint density at radius 3 is 2.18 bits per heavy atom. The van der Waals surface area contributed by atoms with Gasteiger partial charge in [0.15, 0.2) is 5.69 Å². The molecule has 10 bridgehead atoms. The van der Waals surface area contributed by atoms with E-state index in [2.05, 4.69) is 36.2 Å². The minimum atomic E-state index is -1.10. The van der Waals surface area contributed by atoms with Gasteiger partial charge in [0.2, 0.25) is 23.6 Å². The molecule has 1 aliphatic carbocycles.